The average molecular weight is 162 g/mol. The Hall–Kier alpha value is -0.810. The predicted octanol–water partition coefficient (Wildman–Crippen LogP) is 1.45. The molecule has 2 aliphatic rings. The molecule has 1 N–H and O–H groups in total. The number of rotatable bonds is 3. The van der Waals surface area contributed by atoms with Gasteiger partial charge in [0.25, 0.3) is 0 Å². The van der Waals surface area contributed by atoms with Crippen LogP contribution in [0.3, 0.4) is 0 Å². The van der Waals surface area contributed by atoms with Gasteiger partial charge < -0.3 is 5.32 Å². The second-order valence-corrected chi connectivity index (χ2v) is 3.75. The van der Waals surface area contributed by atoms with Crippen LogP contribution in [0.15, 0.2) is 12.2 Å². The highest BCUT2D eigenvalue weighted by molar-refractivity contribution is 5.12. The third kappa shape index (κ3) is 1.37. The minimum atomic E-state index is 0.637. The lowest BCUT2D eigenvalue weighted by Gasteiger charge is -2.18. The van der Waals surface area contributed by atoms with E-state index in [1.807, 2.05) is 0 Å². The van der Waals surface area contributed by atoms with Crippen LogP contribution in [0, 0.1) is 23.2 Å². The first-order valence-corrected chi connectivity index (χ1v) is 4.69. The van der Waals surface area contributed by atoms with E-state index in [0.717, 1.165) is 18.4 Å². The topological polar surface area (TPSA) is 35.8 Å². The Morgan fingerprint density at radius 1 is 1.42 bits per heavy atom. The van der Waals surface area contributed by atoms with Crippen LogP contribution in [-0.4, -0.2) is 12.6 Å². The van der Waals surface area contributed by atoms with Gasteiger partial charge in [-0.25, -0.2) is 0 Å². The fourth-order valence-corrected chi connectivity index (χ4v) is 2.33. The van der Waals surface area contributed by atoms with Gasteiger partial charge in [0, 0.05) is 19.0 Å². The molecule has 12 heavy (non-hydrogen) atoms. The molecule has 0 aromatic heterocycles. The van der Waals surface area contributed by atoms with Crippen molar-refractivity contribution in [3.05, 3.63) is 12.2 Å². The SMILES string of the molecule is N#CCCNC1C[C@@H]2C=C[C@H]1C2. The molecule has 0 aliphatic heterocycles. The van der Waals surface area contributed by atoms with Crippen molar-refractivity contribution >= 4 is 0 Å². The smallest absolute Gasteiger partial charge is 0.0635 e. The van der Waals surface area contributed by atoms with Crippen LogP contribution < -0.4 is 5.32 Å². The monoisotopic (exact) mass is 162 g/mol. The molecule has 0 spiro atoms. The van der Waals surface area contributed by atoms with Crippen molar-refractivity contribution in [2.75, 3.05) is 6.54 Å². The van der Waals surface area contributed by atoms with Crippen molar-refractivity contribution in [2.45, 2.75) is 25.3 Å². The maximum atomic E-state index is 8.37. The predicted molar refractivity (Wildman–Crippen MR) is 47.4 cm³/mol. The lowest BCUT2D eigenvalue weighted by atomic mass is 10.0. The van der Waals surface area contributed by atoms with Gasteiger partial charge in [-0.15, -0.1) is 0 Å². The van der Waals surface area contributed by atoms with Crippen molar-refractivity contribution in [1.29, 1.82) is 5.26 Å². The summed E-state index contributed by atoms with van der Waals surface area (Å²) in [6.45, 7) is 0.859. The van der Waals surface area contributed by atoms with E-state index in [2.05, 4.69) is 23.5 Å². The molecule has 1 fully saturated rings. The summed E-state index contributed by atoms with van der Waals surface area (Å²) >= 11 is 0. The molecule has 0 aromatic rings. The van der Waals surface area contributed by atoms with Gasteiger partial charge in [0.2, 0.25) is 0 Å². The fraction of sp³-hybridized carbons (Fsp3) is 0.700. The maximum absolute atomic E-state index is 8.37. The molecule has 2 rings (SSSR count). The van der Waals surface area contributed by atoms with Gasteiger partial charge in [0.15, 0.2) is 0 Å². The minimum absolute atomic E-state index is 0.637. The molecule has 1 unspecified atom stereocenters. The molecule has 0 heterocycles. The highest BCUT2D eigenvalue weighted by Gasteiger charge is 2.34. The van der Waals surface area contributed by atoms with Gasteiger partial charge in [-0.2, -0.15) is 5.26 Å². The van der Waals surface area contributed by atoms with Gasteiger partial charge in [-0.1, -0.05) is 12.2 Å². The summed E-state index contributed by atoms with van der Waals surface area (Å²) in [6, 6.07) is 2.82. The summed E-state index contributed by atoms with van der Waals surface area (Å²) in [7, 11) is 0. The summed E-state index contributed by atoms with van der Waals surface area (Å²) in [5.74, 6) is 1.59. The molecule has 0 radical (unpaired) electrons. The molecule has 2 bridgehead atoms. The Morgan fingerprint density at radius 2 is 2.33 bits per heavy atom. The normalized spacial score (nSPS) is 37.1. The lowest BCUT2D eigenvalue weighted by Crippen LogP contribution is -2.33. The third-order valence-corrected chi connectivity index (χ3v) is 2.92. The Labute approximate surface area is 73.3 Å². The van der Waals surface area contributed by atoms with E-state index in [9.17, 15) is 0 Å². The summed E-state index contributed by atoms with van der Waals surface area (Å²) in [5, 5.41) is 11.8. The van der Waals surface area contributed by atoms with E-state index >= 15 is 0 Å². The molecular formula is C10H14N2. The Morgan fingerprint density at radius 3 is 2.92 bits per heavy atom. The molecule has 3 atom stereocenters. The second-order valence-electron chi connectivity index (χ2n) is 3.75. The van der Waals surface area contributed by atoms with Gasteiger partial charge in [0.1, 0.15) is 0 Å². The number of nitriles is 1. The molecule has 2 aliphatic carbocycles. The van der Waals surface area contributed by atoms with E-state index in [0.29, 0.717) is 12.5 Å². The molecule has 64 valence electrons. The zero-order valence-electron chi connectivity index (χ0n) is 7.16. The first-order chi connectivity index (χ1) is 5.90. The molecule has 0 amide bonds. The van der Waals surface area contributed by atoms with Gasteiger partial charge in [0.05, 0.1) is 6.07 Å². The Balaban J connectivity index is 1.77. The van der Waals surface area contributed by atoms with Crippen LogP contribution in [0.2, 0.25) is 0 Å². The van der Waals surface area contributed by atoms with Gasteiger partial charge in [-0.05, 0) is 24.7 Å². The number of nitrogens with one attached hydrogen (secondary N) is 1. The minimum Gasteiger partial charge on any atom is -0.312 e. The molecule has 0 saturated heterocycles. The fourth-order valence-electron chi connectivity index (χ4n) is 2.33. The van der Waals surface area contributed by atoms with E-state index in [1.165, 1.54) is 12.8 Å². The van der Waals surface area contributed by atoms with Crippen LogP contribution in [0.25, 0.3) is 0 Å². The van der Waals surface area contributed by atoms with Crippen LogP contribution in [-0.2, 0) is 0 Å². The molecule has 2 nitrogen and oxygen atoms in total. The highest BCUT2D eigenvalue weighted by Crippen LogP contribution is 2.38. The maximum Gasteiger partial charge on any atom is 0.0635 e. The zero-order valence-corrected chi connectivity index (χ0v) is 7.16. The summed E-state index contributed by atoms with van der Waals surface area (Å²) in [6.07, 6.45) is 7.93. The molecule has 2 heteroatoms. The van der Waals surface area contributed by atoms with E-state index in [-0.39, 0.29) is 0 Å². The number of allylic oxidation sites excluding steroid dienone is 1. The van der Waals surface area contributed by atoms with Crippen LogP contribution in [0.4, 0.5) is 0 Å². The van der Waals surface area contributed by atoms with E-state index in [4.69, 9.17) is 5.26 Å². The van der Waals surface area contributed by atoms with Gasteiger partial charge >= 0.3 is 0 Å². The van der Waals surface area contributed by atoms with Crippen molar-refractivity contribution < 1.29 is 0 Å². The van der Waals surface area contributed by atoms with Crippen LogP contribution in [0.1, 0.15) is 19.3 Å². The summed E-state index contributed by atoms with van der Waals surface area (Å²) < 4.78 is 0. The number of fused-ring (bicyclic) bond motifs is 2. The number of nitrogens with zero attached hydrogens (tertiary/aromatic N) is 1. The molecular weight excluding hydrogens is 148 g/mol. The summed E-state index contributed by atoms with van der Waals surface area (Å²) in [4.78, 5) is 0. The largest absolute Gasteiger partial charge is 0.312 e. The van der Waals surface area contributed by atoms with Gasteiger partial charge in [-0.3, -0.25) is 0 Å². The summed E-state index contributed by atoms with van der Waals surface area (Å²) in [5.41, 5.74) is 0. The van der Waals surface area contributed by atoms with Crippen molar-refractivity contribution in [3.8, 4) is 6.07 Å². The van der Waals surface area contributed by atoms with Crippen molar-refractivity contribution in [3.63, 3.8) is 0 Å². The quantitative estimate of drug-likeness (QED) is 0.503. The van der Waals surface area contributed by atoms with Crippen molar-refractivity contribution in [1.82, 2.24) is 5.32 Å². The standard InChI is InChI=1S/C10H14N2/c11-4-1-5-12-10-7-8-2-3-9(10)6-8/h2-3,8-10,12H,1,5-7H2/t8-,9+,10?/m1/s1. The lowest BCUT2D eigenvalue weighted by molar-refractivity contribution is 0.456. The van der Waals surface area contributed by atoms with E-state index < -0.39 is 0 Å². The number of hydrogen-bond acceptors (Lipinski definition) is 2. The first kappa shape index (κ1) is 7.82. The second kappa shape index (κ2) is 3.28. The zero-order chi connectivity index (χ0) is 8.39. The average Bonchev–Trinajstić information content (AvgIpc) is 2.65. The Bertz CT molecular complexity index is 226. The Kier molecular flexibility index (Phi) is 2.14. The molecule has 1 saturated carbocycles. The first-order valence-electron chi connectivity index (χ1n) is 4.69. The van der Waals surface area contributed by atoms with Crippen molar-refractivity contribution in [2.24, 2.45) is 11.8 Å². The van der Waals surface area contributed by atoms with Crippen LogP contribution >= 0.6 is 0 Å². The third-order valence-electron chi connectivity index (χ3n) is 2.92. The van der Waals surface area contributed by atoms with E-state index in [1.54, 1.807) is 0 Å². The highest BCUT2D eigenvalue weighted by atomic mass is 14.9. The van der Waals surface area contributed by atoms with Crippen LogP contribution in [0.5, 0.6) is 0 Å². The number of hydrogen-bond donors (Lipinski definition) is 1. The molecule has 0 aromatic carbocycles.